The van der Waals surface area contributed by atoms with Crippen LogP contribution >= 0.6 is 12.6 Å². The number of Topliss-reactive ketones (excluding diaryl/α,β-unsaturated/α-hetero) is 1. The molecular weight excluding hydrogens is 176 g/mol. The number of aliphatic hydroxyl groups excluding tert-OH is 2. The molecule has 0 unspecified atom stereocenters. The Bertz CT molecular complexity index is 138. The first-order chi connectivity index (χ1) is 5.63. The van der Waals surface area contributed by atoms with Crippen molar-refractivity contribution in [2.75, 3.05) is 5.75 Å². The van der Waals surface area contributed by atoms with Gasteiger partial charge in [0, 0.05) is 5.75 Å². The van der Waals surface area contributed by atoms with E-state index in [2.05, 4.69) is 12.6 Å². The third-order valence-corrected chi connectivity index (χ3v) is 2.01. The maximum absolute atomic E-state index is 11.0. The van der Waals surface area contributed by atoms with Gasteiger partial charge in [-0.25, -0.2) is 0 Å². The van der Waals surface area contributed by atoms with E-state index in [1.165, 1.54) is 0 Å². The van der Waals surface area contributed by atoms with E-state index < -0.39 is 18.0 Å². The minimum absolute atomic E-state index is 0.0714. The summed E-state index contributed by atoms with van der Waals surface area (Å²) >= 11 is 3.76. The first-order valence-electron chi connectivity index (χ1n) is 4.14. The second-order valence-electron chi connectivity index (χ2n) is 2.76. The van der Waals surface area contributed by atoms with Gasteiger partial charge in [-0.1, -0.05) is 19.8 Å². The van der Waals surface area contributed by atoms with Crippen LogP contribution in [0.4, 0.5) is 0 Å². The van der Waals surface area contributed by atoms with Gasteiger partial charge in [-0.3, -0.25) is 4.79 Å². The Labute approximate surface area is 78.2 Å². The van der Waals surface area contributed by atoms with Crippen LogP contribution in [-0.4, -0.2) is 34.0 Å². The summed E-state index contributed by atoms with van der Waals surface area (Å²) in [4.78, 5) is 11.0. The molecule has 72 valence electrons. The molecule has 0 amide bonds. The third kappa shape index (κ3) is 4.09. The maximum Gasteiger partial charge on any atom is 0.190 e. The summed E-state index contributed by atoms with van der Waals surface area (Å²) < 4.78 is 0. The molecule has 0 spiro atoms. The summed E-state index contributed by atoms with van der Waals surface area (Å²) in [6.45, 7) is 1.98. The Morgan fingerprint density at radius 3 is 2.42 bits per heavy atom. The number of unbranched alkanes of at least 4 members (excludes halogenated alkanes) is 1. The number of hydrogen-bond acceptors (Lipinski definition) is 4. The zero-order valence-corrected chi connectivity index (χ0v) is 8.13. The molecule has 0 aromatic heterocycles. The zero-order chi connectivity index (χ0) is 9.56. The summed E-state index contributed by atoms with van der Waals surface area (Å²) in [6, 6.07) is 0. The largest absolute Gasteiger partial charge is 0.385 e. The van der Waals surface area contributed by atoms with Gasteiger partial charge in [0.1, 0.15) is 12.2 Å². The highest BCUT2D eigenvalue weighted by Crippen LogP contribution is 2.04. The van der Waals surface area contributed by atoms with E-state index in [0.29, 0.717) is 6.42 Å². The predicted molar refractivity (Wildman–Crippen MR) is 50.4 cm³/mol. The van der Waals surface area contributed by atoms with Crippen molar-refractivity contribution < 1.29 is 15.0 Å². The van der Waals surface area contributed by atoms with Crippen molar-refractivity contribution >= 4 is 18.4 Å². The smallest absolute Gasteiger partial charge is 0.190 e. The molecule has 0 rings (SSSR count). The standard InChI is InChI=1S/C8H16O3S/c1-2-3-4-6(9)8(11)7(10)5-12/h6-7,9-10,12H,2-5H2,1H3/t6-,7+/m1/s1. The first-order valence-corrected chi connectivity index (χ1v) is 4.77. The molecule has 0 heterocycles. The van der Waals surface area contributed by atoms with Gasteiger partial charge in [-0.05, 0) is 6.42 Å². The summed E-state index contributed by atoms with van der Waals surface area (Å²) in [7, 11) is 0. The molecule has 0 radical (unpaired) electrons. The monoisotopic (exact) mass is 192 g/mol. The zero-order valence-electron chi connectivity index (χ0n) is 7.23. The van der Waals surface area contributed by atoms with E-state index in [1.54, 1.807) is 0 Å². The SMILES string of the molecule is CCCC[C@@H](O)C(=O)[C@@H](O)CS. The van der Waals surface area contributed by atoms with Gasteiger partial charge >= 0.3 is 0 Å². The molecular formula is C8H16O3S. The van der Waals surface area contributed by atoms with Gasteiger partial charge in [0.15, 0.2) is 5.78 Å². The van der Waals surface area contributed by atoms with Crippen LogP contribution in [0.2, 0.25) is 0 Å². The Balaban J connectivity index is 3.75. The van der Waals surface area contributed by atoms with Gasteiger partial charge in [0.25, 0.3) is 0 Å². The van der Waals surface area contributed by atoms with Crippen LogP contribution < -0.4 is 0 Å². The van der Waals surface area contributed by atoms with Gasteiger partial charge < -0.3 is 10.2 Å². The van der Waals surface area contributed by atoms with Crippen molar-refractivity contribution in [3.05, 3.63) is 0 Å². The number of aliphatic hydroxyl groups is 2. The molecule has 0 aromatic rings. The molecule has 4 heteroatoms. The number of ketones is 1. The first kappa shape index (κ1) is 11.9. The second-order valence-corrected chi connectivity index (χ2v) is 3.12. The summed E-state index contributed by atoms with van der Waals surface area (Å²) in [6.07, 6.45) is 0.0144. The molecule has 0 aliphatic rings. The van der Waals surface area contributed by atoms with E-state index in [1.807, 2.05) is 6.92 Å². The summed E-state index contributed by atoms with van der Waals surface area (Å²) in [5.41, 5.74) is 0. The van der Waals surface area contributed by atoms with E-state index in [9.17, 15) is 9.90 Å². The fourth-order valence-corrected chi connectivity index (χ4v) is 1.03. The minimum atomic E-state index is -1.12. The summed E-state index contributed by atoms with van der Waals surface area (Å²) in [5, 5.41) is 18.2. The Hall–Kier alpha value is -0.0600. The third-order valence-electron chi connectivity index (χ3n) is 1.66. The molecule has 3 nitrogen and oxygen atoms in total. The maximum atomic E-state index is 11.0. The number of carbonyl (C=O) groups is 1. The lowest BCUT2D eigenvalue weighted by Gasteiger charge is -2.11. The fraction of sp³-hybridized carbons (Fsp3) is 0.875. The molecule has 0 bridgehead atoms. The van der Waals surface area contributed by atoms with Crippen molar-refractivity contribution in [1.82, 2.24) is 0 Å². The highest BCUT2D eigenvalue weighted by molar-refractivity contribution is 7.80. The van der Waals surface area contributed by atoms with Crippen LogP contribution in [0.15, 0.2) is 0 Å². The Morgan fingerprint density at radius 2 is 2.00 bits per heavy atom. The van der Waals surface area contributed by atoms with Crippen LogP contribution in [0.1, 0.15) is 26.2 Å². The molecule has 12 heavy (non-hydrogen) atoms. The van der Waals surface area contributed by atoms with E-state index in [0.717, 1.165) is 12.8 Å². The van der Waals surface area contributed by atoms with E-state index in [-0.39, 0.29) is 5.75 Å². The topological polar surface area (TPSA) is 57.5 Å². The van der Waals surface area contributed by atoms with Gasteiger partial charge in [-0.15, -0.1) is 0 Å². The molecule has 0 fully saturated rings. The lowest BCUT2D eigenvalue weighted by molar-refractivity contribution is -0.134. The average molecular weight is 192 g/mol. The molecule has 2 N–H and O–H groups in total. The number of thiol groups is 1. The van der Waals surface area contributed by atoms with Crippen LogP contribution in [0.3, 0.4) is 0 Å². The Kier molecular flexibility index (Phi) is 6.42. The van der Waals surface area contributed by atoms with Gasteiger partial charge in [0.05, 0.1) is 0 Å². The fourth-order valence-electron chi connectivity index (χ4n) is 0.852. The molecule has 0 aliphatic carbocycles. The summed E-state index contributed by atoms with van der Waals surface area (Å²) in [5.74, 6) is -0.444. The molecule has 0 aliphatic heterocycles. The second kappa shape index (κ2) is 6.46. The predicted octanol–water partition coefficient (Wildman–Crippen LogP) is 0.397. The Morgan fingerprint density at radius 1 is 1.42 bits per heavy atom. The molecule has 0 saturated carbocycles. The number of hydrogen-bond donors (Lipinski definition) is 3. The van der Waals surface area contributed by atoms with Crippen molar-refractivity contribution in [2.45, 2.75) is 38.4 Å². The van der Waals surface area contributed by atoms with Gasteiger partial charge in [-0.2, -0.15) is 12.6 Å². The van der Waals surface area contributed by atoms with Crippen LogP contribution in [0.25, 0.3) is 0 Å². The van der Waals surface area contributed by atoms with Crippen molar-refractivity contribution in [3.63, 3.8) is 0 Å². The van der Waals surface area contributed by atoms with Crippen molar-refractivity contribution in [2.24, 2.45) is 0 Å². The number of rotatable bonds is 6. The minimum Gasteiger partial charge on any atom is -0.385 e. The van der Waals surface area contributed by atoms with E-state index in [4.69, 9.17) is 5.11 Å². The van der Waals surface area contributed by atoms with Crippen LogP contribution in [0.5, 0.6) is 0 Å². The van der Waals surface area contributed by atoms with Crippen molar-refractivity contribution in [1.29, 1.82) is 0 Å². The lowest BCUT2D eigenvalue weighted by Crippen LogP contribution is -2.33. The van der Waals surface area contributed by atoms with Crippen molar-refractivity contribution in [3.8, 4) is 0 Å². The molecule has 0 saturated heterocycles. The van der Waals surface area contributed by atoms with E-state index >= 15 is 0 Å². The van der Waals surface area contributed by atoms with Crippen LogP contribution in [0, 0.1) is 0 Å². The quantitative estimate of drug-likeness (QED) is 0.534. The lowest BCUT2D eigenvalue weighted by atomic mass is 10.1. The van der Waals surface area contributed by atoms with Gasteiger partial charge in [0.2, 0.25) is 0 Å². The molecule has 2 atom stereocenters. The number of carbonyl (C=O) groups excluding carboxylic acids is 1. The van der Waals surface area contributed by atoms with Crippen LogP contribution in [-0.2, 0) is 4.79 Å². The highest BCUT2D eigenvalue weighted by atomic mass is 32.1. The highest BCUT2D eigenvalue weighted by Gasteiger charge is 2.21. The molecule has 0 aromatic carbocycles. The average Bonchev–Trinajstić information content (AvgIpc) is 2.11. The normalized spacial score (nSPS) is 15.7.